The predicted molar refractivity (Wildman–Crippen MR) is 69.2 cm³/mol. The van der Waals surface area contributed by atoms with Crippen LogP contribution in [-0.2, 0) is 9.59 Å². The van der Waals surface area contributed by atoms with E-state index in [1.165, 1.54) is 25.2 Å². The van der Waals surface area contributed by atoms with Gasteiger partial charge in [-0.3, -0.25) is 4.79 Å². The highest BCUT2D eigenvalue weighted by Gasteiger charge is 2.43. The van der Waals surface area contributed by atoms with Gasteiger partial charge < -0.3 is 10.2 Å². The monoisotopic (exact) mass is 302 g/mol. The van der Waals surface area contributed by atoms with E-state index in [1.807, 2.05) is 6.92 Å². The minimum Gasteiger partial charge on any atom is -0.481 e. The molecule has 0 bridgehead atoms. The van der Waals surface area contributed by atoms with Crippen LogP contribution in [0.3, 0.4) is 0 Å². The molecule has 1 aliphatic rings. The lowest BCUT2D eigenvalue weighted by atomic mass is 9.80. The summed E-state index contributed by atoms with van der Waals surface area (Å²) in [4.78, 5) is 21.0. The van der Waals surface area contributed by atoms with E-state index < -0.39 is 22.2 Å². The molecule has 0 radical (unpaired) electrons. The zero-order valence-corrected chi connectivity index (χ0v) is 11.3. The Labute approximate surface area is 108 Å². The van der Waals surface area contributed by atoms with Gasteiger partial charge in [0.2, 0.25) is 0 Å². The first-order chi connectivity index (χ1) is 7.81. The van der Waals surface area contributed by atoms with Crippen LogP contribution in [0.15, 0.2) is 36.5 Å². The second-order valence-corrected chi connectivity index (χ2v) is 4.56. The third kappa shape index (κ3) is 3.56. The van der Waals surface area contributed by atoms with Gasteiger partial charge in [0.15, 0.2) is 0 Å². The van der Waals surface area contributed by atoms with Crippen molar-refractivity contribution in [2.45, 2.75) is 18.7 Å². The second-order valence-electron chi connectivity index (χ2n) is 3.64. The maximum absolute atomic E-state index is 11.0. The van der Waals surface area contributed by atoms with Crippen LogP contribution in [0.1, 0.15) is 13.8 Å². The fraction of sp³-hybridized carbons (Fsp3) is 0.333. The Morgan fingerprint density at radius 3 is 2.35 bits per heavy atom. The highest BCUT2D eigenvalue weighted by Crippen LogP contribution is 2.37. The molecule has 5 heteroatoms. The van der Waals surface area contributed by atoms with Gasteiger partial charge >= 0.3 is 11.9 Å². The van der Waals surface area contributed by atoms with Gasteiger partial charge in [0.05, 0.1) is 10.4 Å². The molecule has 2 atom stereocenters. The van der Waals surface area contributed by atoms with E-state index in [1.54, 1.807) is 6.08 Å². The summed E-state index contributed by atoms with van der Waals surface area (Å²) < 4.78 is 0. The predicted octanol–water partition coefficient (Wildman–Crippen LogP) is 2.61. The van der Waals surface area contributed by atoms with Crippen molar-refractivity contribution in [2.24, 2.45) is 5.41 Å². The van der Waals surface area contributed by atoms with Crippen molar-refractivity contribution >= 4 is 27.9 Å². The molecular formula is C12H15BrO4. The van der Waals surface area contributed by atoms with Crippen molar-refractivity contribution in [3.63, 3.8) is 0 Å². The fourth-order valence-corrected chi connectivity index (χ4v) is 1.90. The fourth-order valence-electron chi connectivity index (χ4n) is 1.20. The van der Waals surface area contributed by atoms with Gasteiger partial charge in [0.1, 0.15) is 5.41 Å². The molecule has 4 nitrogen and oxygen atoms in total. The molecule has 1 rings (SSSR count). The zero-order valence-electron chi connectivity index (χ0n) is 9.68. The maximum Gasteiger partial charge on any atom is 0.332 e. The standard InChI is InChI=1S/C9H9BrO4.C3H6/c1-9(8(13)14)4-2-3-5(6(9)10)7(11)12;1-3-2/h2-4,6H,1H3,(H,11,12)(H,13,14);3H,1H2,2H3. The Kier molecular flexibility index (Phi) is 5.88. The number of halogens is 1. The molecular weight excluding hydrogens is 288 g/mol. The molecule has 1 aliphatic carbocycles. The Balaban J connectivity index is 0.000000770. The van der Waals surface area contributed by atoms with Crippen LogP contribution in [0.25, 0.3) is 0 Å². The Bertz CT molecular complexity index is 384. The lowest BCUT2D eigenvalue weighted by molar-refractivity contribution is -0.144. The van der Waals surface area contributed by atoms with Crippen LogP contribution in [0.2, 0.25) is 0 Å². The molecule has 0 saturated carbocycles. The van der Waals surface area contributed by atoms with Crippen molar-refractivity contribution in [1.29, 1.82) is 0 Å². The number of carboxylic acids is 2. The van der Waals surface area contributed by atoms with E-state index in [2.05, 4.69) is 22.5 Å². The summed E-state index contributed by atoms with van der Waals surface area (Å²) in [5.41, 5.74) is -1.15. The van der Waals surface area contributed by atoms with Gasteiger partial charge in [-0.05, 0) is 13.8 Å². The lowest BCUT2D eigenvalue weighted by Gasteiger charge is -2.29. The SMILES string of the molecule is C=CC.CC1(C(=O)O)C=CC=C(C(=O)O)C1Br. The molecule has 0 aromatic rings. The summed E-state index contributed by atoms with van der Waals surface area (Å²) in [7, 11) is 0. The number of hydrogen-bond acceptors (Lipinski definition) is 2. The van der Waals surface area contributed by atoms with Crippen LogP contribution in [0, 0.1) is 5.41 Å². The molecule has 0 fully saturated rings. The largest absolute Gasteiger partial charge is 0.481 e. The Hall–Kier alpha value is -1.36. The number of aliphatic carboxylic acids is 2. The number of rotatable bonds is 2. The molecule has 2 N–H and O–H groups in total. The highest BCUT2D eigenvalue weighted by atomic mass is 79.9. The summed E-state index contributed by atoms with van der Waals surface area (Å²) in [5.74, 6) is -2.16. The van der Waals surface area contributed by atoms with Crippen LogP contribution in [0.4, 0.5) is 0 Å². The number of hydrogen-bond donors (Lipinski definition) is 2. The van der Waals surface area contributed by atoms with Gasteiger partial charge in [-0.1, -0.05) is 40.2 Å². The summed E-state index contributed by atoms with van der Waals surface area (Å²) in [6, 6.07) is 0. The molecule has 2 unspecified atom stereocenters. The molecule has 0 aromatic carbocycles. The van der Waals surface area contributed by atoms with Crippen molar-refractivity contribution in [3.8, 4) is 0 Å². The van der Waals surface area contributed by atoms with Crippen molar-refractivity contribution < 1.29 is 19.8 Å². The second kappa shape index (κ2) is 6.39. The molecule has 0 aliphatic heterocycles. The molecule has 0 spiro atoms. The first kappa shape index (κ1) is 15.6. The number of alkyl halides is 1. The first-order valence-corrected chi connectivity index (χ1v) is 5.80. The van der Waals surface area contributed by atoms with Gasteiger partial charge in [-0.25, -0.2) is 4.79 Å². The smallest absolute Gasteiger partial charge is 0.332 e. The minimum atomic E-state index is -1.21. The summed E-state index contributed by atoms with van der Waals surface area (Å²) in [6.07, 6.45) is 6.07. The van der Waals surface area contributed by atoms with Crippen LogP contribution in [-0.4, -0.2) is 27.0 Å². The molecule has 0 heterocycles. The van der Waals surface area contributed by atoms with E-state index in [0.29, 0.717) is 0 Å². The lowest BCUT2D eigenvalue weighted by Crippen LogP contribution is -2.38. The molecule has 0 amide bonds. The third-order valence-electron chi connectivity index (χ3n) is 2.23. The topological polar surface area (TPSA) is 74.6 Å². The Morgan fingerprint density at radius 2 is 2.00 bits per heavy atom. The van der Waals surface area contributed by atoms with Crippen LogP contribution in [0.5, 0.6) is 0 Å². The minimum absolute atomic E-state index is 0.0531. The van der Waals surface area contributed by atoms with Gasteiger partial charge in [0, 0.05) is 0 Å². The molecule has 94 valence electrons. The van der Waals surface area contributed by atoms with E-state index in [4.69, 9.17) is 10.2 Å². The van der Waals surface area contributed by atoms with Gasteiger partial charge in [0.25, 0.3) is 0 Å². The normalized spacial score (nSPS) is 26.3. The van der Waals surface area contributed by atoms with Crippen molar-refractivity contribution in [2.75, 3.05) is 0 Å². The molecule has 0 saturated heterocycles. The number of carboxylic acid groups (broad SMARTS) is 2. The van der Waals surface area contributed by atoms with E-state index in [9.17, 15) is 9.59 Å². The average molecular weight is 303 g/mol. The van der Waals surface area contributed by atoms with E-state index in [0.717, 1.165) is 0 Å². The van der Waals surface area contributed by atoms with Gasteiger partial charge in [-0.2, -0.15) is 0 Å². The van der Waals surface area contributed by atoms with E-state index in [-0.39, 0.29) is 5.57 Å². The highest BCUT2D eigenvalue weighted by molar-refractivity contribution is 9.09. The van der Waals surface area contributed by atoms with Crippen molar-refractivity contribution in [1.82, 2.24) is 0 Å². The Morgan fingerprint density at radius 1 is 1.53 bits per heavy atom. The summed E-state index contributed by atoms with van der Waals surface area (Å²) in [5, 5.41) is 17.8. The third-order valence-corrected chi connectivity index (χ3v) is 3.67. The van der Waals surface area contributed by atoms with Crippen molar-refractivity contribution in [3.05, 3.63) is 36.5 Å². The maximum atomic E-state index is 11.0. The average Bonchev–Trinajstić information content (AvgIpc) is 2.22. The summed E-state index contributed by atoms with van der Waals surface area (Å²) in [6.45, 7) is 6.72. The van der Waals surface area contributed by atoms with Crippen LogP contribution >= 0.6 is 15.9 Å². The van der Waals surface area contributed by atoms with Crippen LogP contribution < -0.4 is 0 Å². The van der Waals surface area contributed by atoms with E-state index >= 15 is 0 Å². The quantitative estimate of drug-likeness (QED) is 0.607. The number of allylic oxidation sites excluding steroid dienone is 3. The molecule has 17 heavy (non-hydrogen) atoms. The first-order valence-electron chi connectivity index (χ1n) is 4.88. The van der Waals surface area contributed by atoms with Gasteiger partial charge in [-0.15, -0.1) is 6.58 Å². The molecule has 0 aromatic heterocycles. The zero-order chi connectivity index (χ0) is 13.6. The summed E-state index contributed by atoms with van der Waals surface area (Å²) >= 11 is 3.10. The number of carbonyl (C=O) groups is 2.